The molecule has 0 spiro atoms. The van der Waals surface area contributed by atoms with E-state index in [9.17, 15) is 28.8 Å². The topological polar surface area (TPSA) is 217 Å². The zero-order chi connectivity index (χ0) is 27.3. The summed E-state index contributed by atoms with van der Waals surface area (Å²) in [5.41, 5.74) is 0.478. The first-order chi connectivity index (χ1) is 16.9. The fraction of sp³-hybridized carbons (Fsp3) is 0.478. The number of nitrogens with one attached hydrogen (secondary N) is 2. The highest BCUT2D eigenvalue weighted by atomic mass is 16.5. The number of benzene rings is 1. The Morgan fingerprint density at radius 1 is 0.833 bits per heavy atom. The first-order valence-electron chi connectivity index (χ1n) is 11.2. The minimum Gasteiger partial charge on any atom is -0.481 e. The molecule has 0 radical (unpaired) electrons. The number of amides is 2. The van der Waals surface area contributed by atoms with Gasteiger partial charge in [0, 0.05) is 13.0 Å². The Kier molecular flexibility index (Phi) is 12.4. The van der Waals surface area contributed by atoms with Gasteiger partial charge in [0.05, 0.1) is 18.8 Å². The Morgan fingerprint density at radius 3 is 1.86 bits per heavy atom. The molecule has 1 atom stereocenters. The van der Waals surface area contributed by atoms with Gasteiger partial charge in [0.2, 0.25) is 11.8 Å². The van der Waals surface area contributed by atoms with Crippen molar-refractivity contribution in [1.82, 2.24) is 10.6 Å². The van der Waals surface area contributed by atoms with Crippen LogP contribution in [0.3, 0.4) is 0 Å². The summed E-state index contributed by atoms with van der Waals surface area (Å²) in [7, 11) is 0. The molecule has 0 aromatic heterocycles. The van der Waals surface area contributed by atoms with E-state index in [0.717, 1.165) is 12.8 Å². The average Bonchev–Trinajstić information content (AvgIpc) is 2.79. The number of ether oxygens (including phenoxy) is 1. The molecular formula is C23H30N2O11. The molecule has 0 heterocycles. The summed E-state index contributed by atoms with van der Waals surface area (Å²) in [4.78, 5) is 69.5. The predicted octanol–water partition coefficient (Wildman–Crippen LogP) is 0.503. The molecule has 13 nitrogen and oxygen atoms in total. The standard InChI is InChI=1S/C23H30N2O11/c1-2-3-4-9-24-21(31)16(25-20(30)14(11-17(26)27)12-18(28)29)10-13-5-7-15(8-6-13)36-19(22(32)33)23(34)35/h5-8,14,16,19H,2-4,9-12H2,1H3,(H,24,31)(H,25,30)(H,26,27)(H,28,29)(H,32,33)(H,34,35)/t16-/m0/s1. The quantitative estimate of drug-likeness (QED) is 0.125. The van der Waals surface area contributed by atoms with E-state index in [-0.39, 0.29) is 12.2 Å². The van der Waals surface area contributed by atoms with Crippen LogP contribution >= 0.6 is 0 Å². The molecule has 0 fully saturated rings. The summed E-state index contributed by atoms with van der Waals surface area (Å²) in [5, 5.41) is 41.0. The van der Waals surface area contributed by atoms with E-state index in [4.69, 9.17) is 25.2 Å². The molecule has 36 heavy (non-hydrogen) atoms. The SMILES string of the molecule is CCCCCNC(=O)[C@H](Cc1ccc(OC(C(=O)O)C(=O)O)cc1)NC(=O)C(CC(=O)O)CC(=O)O. The van der Waals surface area contributed by atoms with Crippen molar-refractivity contribution < 1.29 is 53.9 Å². The largest absolute Gasteiger partial charge is 0.481 e. The van der Waals surface area contributed by atoms with Crippen LogP contribution in [-0.4, -0.2) is 74.8 Å². The lowest BCUT2D eigenvalue weighted by Gasteiger charge is -2.21. The summed E-state index contributed by atoms with van der Waals surface area (Å²) in [6.45, 7) is 2.32. The maximum Gasteiger partial charge on any atom is 0.356 e. The zero-order valence-corrected chi connectivity index (χ0v) is 19.6. The predicted molar refractivity (Wildman–Crippen MR) is 122 cm³/mol. The van der Waals surface area contributed by atoms with E-state index in [2.05, 4.69) is 10.6 Å². The van der Waals surface area contributed by atoms with Crippen molar-refractivity contribution in [2.24, 2.45) is 5.92 Å². The molecule has 198 valence electrons. The fourth-order valence-electron chi connectivity index (χ4n) is 3.17. The smallest absolute Gasteiger partial charge is 0.356 e. The maximum atomic E-state index is 12.8. The molecule has 0 saturated carbocycles. The summed E-state index contributed by atoms with van der Waals surface area (Å²) < 4.78 is 4.93. The zero-order valence-electron chi connectivity index (χ0n) is 19.6. The van der Waals surface area contributed by atoms with Crippen LogP contribution in [0, 0.1) is 5.92 Å². The van der Waals surface area contributed by atoms with Crippen molar-refractivity contribution in [2.75, 3.05) is 6.54 Å². The fourth-order valence-corrected chi connectivity index (χ4v) is 3.17. The van der Waals surface area contributed by atoms with Crippen molar-refractivity contribution >= 4 is 35.7 Å². The van der Waals surface area contributed by atoms with Gasteiger partial charge in [-0.3, -0.25) is 19.2 Å². The number of aliphatic carboxylic acids is 4. The number of rotatable bonds is 17. The van der Waals surface area contributed by atoms with Crippen molar-refractivity contribution in [3.63, 3.8) is 0 Å². The molecule has 1 aromatic rings. The lowest BCUT2D eigenvalue weighted by molar-refractivity contribution is -0.159. The third kappa shape index (κ3) is 10.8. The normalized spacial score (nSPS) is 11.5. The summed E-state index contributed by atoms with van der Waals surface area (Å²) in [6.07, 6.45) is -1.17. The van der Waals surface area contributed by atoms with E-state index < -0.39 is 66.6 Å². The molecule has 0 bridgehead atoms. The second kappa shape index (κ2) is 15.0. The summed E-state index contributed by atoms with van der Waals surface area (Å²) in [6, 6.07) is 4.30. The van der Waals surface area contributed by atoms with Gasteiger partial charge in [0.25, 0.3) is 6.10 Å². The summed E-state index contributed by atoms with van der Waals surface area (Å²) >= 11 is 0. The van der Waals surface area contributed by atoms with Gasteiger partial charge in [0.15, 0.2) is 0 Å². The number of carbonyl (C=O) groups excluding carboxylic acids is 2. The lowest BCUT2D eigenvalue weighted by Crippen LogP contribution is -2.50. The van der Waals surface area contributed by atoms with Crippen LogP contribution in [0.2, 0.25) is 0 Å². The first kappa shape index (κ1) is 29.9. The van der Waals surface area contributed by atoms with Crippen molar-refractivity contribution in [2.45, 2.75) is 57.6 Å². The summed E-state index contributed by atoms with van der Waals surface area (Å²) in [5.74, 6) is -9.02. The third-order valence-electron chi connectivity index (χ3n) is 4.99. The number of carboxylic acids is 4. The van der Waals surface area contributed by atoms with Gasteiger partial charge in [0.1, 0.15) is 11.8 Å². The second-order valence-electron chi connectivity index (χ2n) is 7.97. The van der Waals surface area contributed by atoms with Crippen LogP contribution in [0.25, 0.3) is 0 Å². The van der Waals surface area contributed by atoms with Gasteiger partial charge in [-0.15, -0.1) is 0 Å². The Labute approximate surface area is 206 Å². The molecule has 0 unspecified atom stereocenters. The molecular weight excluding hydrogens is 480 g/mol. The van der Waals surface area contributed by atoms with Crippen LogP contribution in [0.5, 0.6) is 5.75 Å². The van der Waals surface area contributed by atoms with E-state index in [1.807, 2.05) is 6.92 Å². The Hall–Kier alpha value is -4.16. The van der Waals surface area contributed by atoms with Gasteiger partial charge in [-0.1, -0.05) is 31.9 Å². The average molecular weight is 510 g/mol. The van der Waals surface area contributed by atoms with E-state index in [1.165, 1.54) is 24.3 Å². The molecule has 0 aliphatic heterocycles. The highest BCUT2D eigenvalue weighted by Crippen LogP contribution is 2.16. The van der Waals surface area contributed by atoms with Gasteiger partial charge in [-0.2, -0.15) is 0 Å². The highest BCUT2D eigenvalue weighted by Gasteiger charge is 2.30. The molecule has 2 amide bonds. The molecule has 1 rings (SSSR count). The minimum absolute atomic E-state index is 0.0545. The van der Waals surface area contributed by atoms with Crippen molar-refractivity contribution in [3.8, 4) is 5.75 Å². The van der Waals surface area contributed by atoms with Crippen LogP contribution in [-0.2, 0) is 35.2 Å². The molecule has 6 N–H and O–H groups in total. The Morgan fingerprint density at radius 2 is 1.39 bits per heavy atom. The molecule has 0 aliphatic rings. The number of hydrogen-bond donors (Lipinski definition) is 6. The Balaban J connectivity index is 3.03. The van der Waals surface area contributed by atoms with E-state index in [0.29, 0.717) is 18.5 Å². The minimum atomic E-state index is -2.11. The van der Waals surface area contributed by atoms with E-state index >= 15 is 0 Å². The molecule has 1 aromatic carbocycles. The van der Waals surface area contributed by atoms with Crippen LogP contribution in [0.4, 0.5) is 0 Å². The van der Waals surface area contributed by atoms with E-state index in [1.54, 1.807) is 0 Å². The maximum absolute atomic E-state index is 12.8. The van der Waals surface area contributed by atoms with Crippen LogP contribution in [0.15, 0.2) is 24.3 Å². The Bertz CT molecular complexity index is 916. The van der Waals surface area contributed by atoms with Gasteiger partial charge in [-0.25, -0.2) is 9.59 Å². The number of hydrogen-bond acceptors (Lipinski definition) is 7. The van der Waals surface area contributed by atoms with Crippen LogP contribution in [0.1, 0.15) is 44.6 Å². The van der Waals surface area contributed by atoms with Gasteiger partial charge < -0.3 is 35.8 Å². The number of carboxylic acid groups (broad SMARTS) is 4. The number of carbonyl (C=O) groups is 6. The highest BCUT2D eigenvalue weighted by molar-refractivity contribution is 5.96. The van der Waals surface area contributed by atoms with Crippen LogP contribution < -0.4 is 15.4 Å². The van der Waals surface area contributed by atoms with Gasteiger partial charge in [-0.05, 0) is 24.1 Å². The first-order valence-corrected chi connectivity index (χ1v) is 11.2. The molecule has 13 heteroatoms. The van der Waals surface area contributed by atoms with Gasteiger partial charge >= 0.3 is 23.9 Å². The molecule has 0 saturated heterocycles. The van der Waals surface area contributed by atoms with Crippen molar-refractivity contribution in [1.29, 1.82) is 0 Å². The second-order valence-corrected chi connectivity index (χ2v) is 7.97. The third-order valence-corrected chi connectivity index (χ3v) is 4.99. The van der Waals surface area contributed by atoms with Crippen molar-refractivity contribution in [3.05, 3.63) is 29.8 Å². The lowest BCUT2D eigenvalue weighted by atomic mass is 9.98. The molecule has 0 aliphatic carbocycles. The monoisotopic (exact) mass is 510 g/mol. The number of unbranched alkanes of at least 4 members (excludes halogenated alkanes) is 2.